The molecule has 0 bridgehead atoms. The number of nitrogens with zero attached hydrogens (tertiary/aromatic N) is 3. The first-order valence-electron chi connectivity index (χ1n) is 10.2. The first-order valence-corrected chi connectivity index (χ1v) is 11.7. The SMILES string of the molecule is Cc1noc(C)c1S(=O)(=O)N1CCC(C(=O)NCCN(C)Cc2ccccc2)CC1. The van der Waals surface area contributed by atoms with E-state index in [0.717, 1.165) is 13.1 Å². The molecule has 9 heteroatoms. The molecular formula is C21H30N4O4S. The molecule has 0 unspecified atom stereocenters. The molecule has 1 aliphatic rings. The second-order valence-electron chi connectivity index (χ2n) is 7.85. The Morgan fingerprint density at radius 3 is 2.50 bits per heavy atom. The number of likely N-dealkylation sites (N-methyl/N-ethyl adjacent to an activating group) is 1. The molecule has 1 aromatic carbocycles. The van der Waals surface area contributed by atoms with Crippen LogP contribution in [0.5, 0.6) is 0 Å². The lowest BCUT2D eigenvalue weighted by molar-refractivity contribution is -0.126. The molecule has 0 spiro atoms. The molecule has 2 heterocycles. The normalized spacial score (nSPS) is 16.1. The van der Waals surface area contributed by atoms with E-state index in [1.54, 1.807) is 13.8 Å². The highest BCUT2D eigenvalue weighted by molar-refractivity contribution is 7.89. The lowest BCUT2D eigenvalue weighted by atomic mass is 9.97. The van der Waals surface area contributed by atoms with E-state index in [9.17, 15) is 13.2 Å². The number of aromatic nitrogens is 1. The molecule has 30 heavy (non-hydrogen) atoms. The Hall–Kier alpha value is -2.23. The summed E-state index contributed by atoms with van der Waals surface area (Å²) in [6.07, 6.45) is 1.02. The Kier molecular flexibility index (Phi) is 7.27. The first kappa shape index (κ1) is 22.5. The van der Waals surface area contributed by atoms with Gasteiger partial charge in [0.25, 0.3) is 0 Å². The van der Waals surface area contributed by atoms with Crippen molar-refractivity contribution in [3.63, 3.8) is 0 Å². The number of nitrogens with one attached hydrogen (secondary N) is 1. The minimum absolute atomic E-state index is 0.00232. The van der Waals surface area contributed by atoms with Gasteiger partial charge in [0.1, 0.15) is 10.6 Å². The maximum absolute atomic E-state index is 12.9. The van der Waals surface area contributed by atoms with Gasteiger partial charge in [-0.3, -0.25) is 4.79 Å². The minimum Gasteiger partial charge on any atom is -0.360 e. The summed E-state index contributed by atoms with van der Waals surface area (Å²) in [5.41, 5.74) is 1.60. The van der Waals surface area contributed by atoms with Crippen LogP contribution < -0.4 is 5.32 Å². The van der Waals surface area contributed by atoms with Gasteiger partial charge in [0.2, 0.25) is 15.9 Å². The standard InChI is InChI=1S/C21H30N4O4S/c1-16-20(17(2)29-23-16)30(27,28)25-12-9-19(10-13-25)21(26)22-11-14-24(3)15-18-7-5-4-6-8-18/h4-8,19H,9-15H2,1-3H3,(H,22,26). The lowest BCUT2D eigenvalue weighted by Gasteiger charge is -2.30. The van der Waals surface area contributed by atoms with Gasteiger partial charge in [0.05, 0.1) is 0 Å². The highest BCUT2D eigenvalue weighted by Gasteiger charge is 2.35. The van der Waals surface area contributed by atoms with Crippen LogP contribution >= 0.6 is 0 Å². The van der Waals surface area contributed by atoms with Crippen molar-refractivity contribution in [1.82, 2.24) is 19.7 Å². The summed E-state index contributed by atoms with van der Waals surface area (Å²) >= 11 is 0. The molecule has 1 amide bonds. The summed E-state index contributed by atoms with van der Waals surface area (Å²) in [6, 6.07) is 10.2. The van der Waals surface area contributed by atoms with Crippen molar-refractivity contribution in [3.05, 3.63) is 47.3 Å². The fourth-order valence-corrected chi connectivity index (χ4v) is 5.58. The number of carbonyl (C=O) groups excluding carboxylic acids is 1. The Bertz CT molecular complexity index is 931. The molecule has 8 nitrogen and oxygen atoms in total. The highest BCUT2D eigenvalue weighted by atomic mass is 32.2. The smallest absolute Gasteiger partial charge is 0.248 e. The zero-order chi connectivity index (χ0) is 21.7. The van der Waals surface area contributed by atoms with Crippen molar-refractivity contribution in [2.75, 3.05) is 33.2 Å². The molecule has 1 aliphatic heterocycles. The lowest BCUT2D eigenvalue weighted by Crippen LogP contribution is -2.44. The summed E-state index contributed by atoms with van der Waals surface area (Å²) in [7, 11) is -1.62. The van der Waals surface area contributed by atoms with Crippen molar-refractivity contribution < 1.29 is 17.7 Å². The summed E-state index contributed by atoms with van der Waals surface area (Å²) in [5.74, 6) is 0.130. The zero-order valence-electron chi connectivity index (χ0n) is 17.8. The van der Waals surface area contributed by atoms with Gasteiger partial charge in [0, 0.05) is 38.6 Å². The maximum atomic E-state index is 12.9. The van der Waals surface area contributed by atoms with E-state index in [1.807, 2.05) is 25.2 Å². The van der Waals surface area contributed by atoms with Crippen LogP contribution in [0.3, 0.4) is 0 Å². The van der Waals surface area contributed by atoms with Crippen LogP contribution in [0.2, 0.25) is 0 Å². The number of aryl methyl sites for hydroxylation is 2. The number of piperidine rings is 1. The highest BCUT2D eigenvalue weighted by Crippen LogP contribution is 2.27. The van der Waals surface area contributed by atoms with Gasteiger partial charge in [-0.1, -0.05) is 35.5 Å². The number of carbonyl (C=O) groups is 1. The van der Waals surface area contributed by atoms with Gasteiger partial charge in [-0.2, -0.15) is 4.31 Å². The van der Waals surface area contributed by atoms with Crippen LogP contribution in [0.25, 0.3) is 0 Å². The van der Waals surface area contributed by atoms with E-state index in [2.05, 4.69) is 27.5 Å². The number of hydrogen-bond acceptors (Lipinski definition) is 6. The van der Waals surface area contributed by atoms with Crippen molar-refractivity contribution in [3.8, 4) is 0 Å². The van der Waals surface area contributed by atoms with Gasteiger partial charge in [0.15, 0.2) is 5.76 Å². The third-order valence-corrected chi connectivity index (χ3v) is 7.62. The van der Waals surface area contributed by atoms with E-state index in [1.165, 1.54) is 9.87 Å². The number of sulfonamides is 1. The third kappa shape index (κ3) is 5.27. The topological polar surface area (TPSA) is 95.8 Å². The van der Waals surface area contributed by atoms with E-state index in [4.69, 9.17) is 4.52 Å². The minimum atomic E-state index is -3.65. The third-order valence-electron chi connectivity index (χ3n) is 5.48. The predicted octanol–water partition coefficient (Wildman–Crippen LogP) is 1.94. The average Bonchev–Trinajstić information content (AvgIpc) is 3.07. The fourth-order valence-electron chi connectivity index (χ4n) is 3.82. The van der Waals surface area contributed by atoms with Gasteiger partial charge in [-0.05, 0) is 39.3 Å². The summed E-state index contributed by atoms with van der Waals surface area (Å²) < 4.78 is 32.2. The monoisotopic (exact) mass is 434 g/mol. The van der Waals surface area contributed by atoms with E-state index < -0.39 is 10.0 Å². The molecule has 3 rings (SSSR count). The van der Waals surface area contributed by atoms with Crippen LogP contribution in [0.4, 0.5) is 0 Å². The molecule has 0 radical (unpaired) electrons. The quantitative estimate of drug-likeness (QED) is 0.682. The van der Waals surface area contributed by atoms with E-state index >= 15 is 0 Å². The van der Waals surface area contributed by atoms with E-state index in [-0.39, 0.29) is 16.7 Å². The molecule has 1 fully saturated rings. The fraction of sp³-hybridized carbons (Fsp3) is 0.524. The number of amides is 1. The second kappa shape index (κ2) is 9.72. The van der Waals surface area contributed by atoms with Crippen LogP contribution in [0, 0.1) is 19.8 Å². The Labute approximate surface area is 178 Å². The maximum Gasteiger partial charge on any atom is 0.248 e. The number of benzene rings is 1. The second-order valence-corrected chi connectivity index (χ2v) is 9.72. The summed E-state index contributed by atoms with van der Waals surface area (Å²) in [6.45, 7) is 6.01. The number of hydrogen-bond donors (Lipinski definition) is 1. The molecule has 0 aliphatic carbocycles. The van der Waals surface area contributed by atoms with Crippen LogP contribution in [0.1, 0.15) is 29.9 Å². The van der Waals surface area contributed by atoms with Crippen molar-refractivity contribution in [2.45, 2.75) is 38.1 Å². The van der Waals surface area contributed by atoms with Gasteiger partial charge in [-0.25, -0.2) is 8.42 Å². The van der Waals surface area contributed by atoms with Crippen LogP contribution in [-0.4, -0.2) is 61.9 Å². The van der Waals surface area contributed by atoms with Gasteiger partial charge in [-0.15, -0.1) is 0 Å². The Morgan fingerprint density at radius 1 is 1.23 bits per heavy atom. The van der Waals surface area contributed by atoms with Crippen molar-refractivity contribution in [1.29, 1.82) is 0 Å². The predicted molar refractivity (Wildman–Crippen MR) is 113 cm³/mol. The number of rotatable bonds is 8. The summed E-state index contributed by atoms with van der Waals surface area (Å²) in [4.78, 5) is 14.8. The molecule has 1 aromatic heterocycles. The van der Waals surface area contributed by atoms with Crippen molar-refractivity contribution in [2.24, 2.45) is 5.92 Å². The van der Waals surface area contributed by atoms with Crippen LogP contribution in [0.15, 0.2) is 39.8 Å². The van der Waals surface area contributed by atoms with E-state index in [0.29, 0.717) is 43.9 Å². The molecule has 0 atom stereocenters. The molecule has 164 valence electrons. The van der Waals surface area contributed by atoms with Crippen molar-refractivity contribution >= 4 is 15.9 Å². The average molecular weight is 435 g/mol. The molecular weight excluding hydrogens is 404 g/mol. The zero-order valence-corrected chi connectivity index (χ0v) is 18.6. The first-order chi connectivity index (χ1) is 14.3. The van der Waals surface area contributed by atoms with Crippen LogP contribution in [-0.2, 0) is 21.4 Å². The van der Waals surface area contributed by atoms with Gasteiger partial charge < -0.3 is 14.7 Å². The largest absolute Gasteiger partial charge is 0.360 e. The Balaban J connectivity index is 1.44. The molecule has 0 saturated carbocycles. The molecule has 1 saturated heterocycles. The van der Waals surface area contributed by atoms with Gasteiger partial charge >= 0.3 is 0 Å². The Morgan fingerprint density at radius 2 is 1.90 bits per heavy atom. The molecule has 2 aromatic rings. The summed E-state index contributed by atoms with van der Waals surface area (Å²) in [5, 5.41) is 6.74. The molecule has 1 N–H and O–H groups in total.